The first-order chi connectivity index (χ1) is 13.9. The minimum Gasteiger partial charge on any atom is -0.595 e. The van der Waals surface area contributed by atoms with Crippen LogP contribution in [0.4, 0.5) is 5.69 Å². The van der Waals surface area contributed by atoms with Crippen LogP contribution >= 0.6 is 0 Å². The Labute approximate surface area is 166 Å². The molecule has 2 aromatic heterocycles. The van der Waals surface area contributed by atoms with Crippen LogP contribution in [0.3, 0.4) is 0 Å². The fraction of sp³-hybridized carbons (Fsp3) is 0.333. The first-order valence-corrected chi connectivity index (χ1v) is 9.75. The molecule has 1 aromatic carbocycles. The normalized spacial score (nSPS) is 21.8. The predicted octanol–water partition coefficient (Wildman–Crippen LogP) is 1.00. The van der Waals surface area contributed by atoms with Gasteiger partial charge in [0, 0.05) is 55.3 Å². The largest absolute Gasteiger partial charge is 0.595 e. The van der Waals surface area contributed by atoms with Gasteiger partial charge in [-0.05, 0) is 30.5 Å². The van der Waals surface area contributed by atoms with E-state index in [2.05, 4.69) is 0 Å². The van der Waals surface area contributed by atoms with Crippen molar-refractivity contribution in [2.75, 3.05) is 13.1 Å². The third-order valence-corrected chi connectivity index (χ3v) is 6.29. The third kappa shape index (κ3) is 2.79. The highest BCUT2D eigenvalue weighted by molar-refractivity contribution is 5.98. The van der Waals surface area contributed by atoms with Gasteiger partial charge in [0.2, 0.25) is 5.69 Å². The van der Waals surface area contributed by atoms with Crippen molar-refractivity contribution in [2.24, 2.45) is 13.0 Å². The number of hydrogen-bond donors (Lipinski definition) is 2. The van der Waals surface area contributed by atoms with Crippen LogP contribution in [0.2, 0.25) is 0 Å². The Bertz CT molecular complexity index is 1180. The van der Waals surface area contributed by atoms with Crippen LogP contribution in [0.25, 0.3) is 10.9 Å². The SMILES string of the molecule is Cn1c(C(=O)N2C[C@@H]3C[C@@H](C2)c2ccc([NH+]([O-])O)c(=O)n2C3)cc2ccccc21. The van der Waals surface area contributed by atoms with Crippen LogP contribution in [0, 0.1) is 11.1 Å². The van der Waals surface area contributed by atoms with Gasteiger partial charge in [-0.3, -0.25) is 9.59 Å². The first-order valence-electron chi connectivity index (χ1n) is 9.75. The van der Waals surface area contributed by atoms with Gasteiger partial charge in [-0.15, -0.1) is 0 Å². The summed E-state index contributed by atoms with van der Waals surface area (Å²) < 4.78 is 3.53. The standard InChI is InChI=1S/C21H22N4O4/c1-22-16-5-3-2-4-14(16)9-19(22)20(26)23-10-13-8-15(12-23)17-6-7-18(25(28)29)21(27)24(17)11-13/h2-7,9,13,15,25,28H,8,10-12H2,1H3/t13-,15-/m0/s1. The molecule has 1 unspecified atom stereocenters. The van der Waals surface area contributed by atoms with E-state index in [1.807, 2.05) is 46.8 Å². The Balaban J connectivity index is 1.47. The number of amides is 1. The molecule has 2 aliphatic heterocycles. The number of hydrogen-bond acceptors (Lipinski definition) is 4. The molecule has 29 heavy (non-hydrogen) atoms. The minimum atomic E-state index is -1.20. The lowest BCUT2D eigenvalue weighted by atomic mass is 9.83. The summed E-state index contributed by atoms with van der Waals surface area (Å²) in [5, 5.41) is 20.4. The smallest absolute Gasteiger partial charge is 0.315 e. The van der Waals surface area contributed by atoms with Gasteiger partial charge in [0.15, 0.2) is 0 Å². The molecule has 150 valence electrons. The summed E-state index contributed by atoms with van der Waals surface area (Å²) in [6.07, 6.45) is 0.907. The van der Waals surface area contributed by atoms with E-state index in [-0.39, 0.29) is 23.4 Å². The molecule has 0 saturated carbocycles. The van der Waals surface area contributed by atoms with Crippen molar-refractivity contribution in [3.05, 3.63) is 69.4 Å². The van der Waals surface area contributed by atoms with Crippen molar-refractivity contribution in [1.29, 1.82) is 0 Å². The number of nitrogens with zero attached hydrogens (tertiary/aromatic N) is 3. The number of para-hydroxylation sites is 1. The summed E-state index contributed by atoms with van der Waals surface area (Å²) in [4.78, 5) is 27.7. The van der Waals surface area contributed by atoms with Crippen molar-refractivity contribution in [3.63, 3.8) is 0 Å². The zero-order valence-electron chi connectivity index (χ0n) is 16.0. The molecule has 2 bridgehead atoms. The van der Waals surface area contributed by atoms with E-state index in [4.69, 9.17) is 0 Å². The highest BCUT2D eigenvalue weighted by Gasteiger charge is 2.38. The fourth-order valence-corrected chi connectivity index (χ4v) is 4.93. The number of nitrogens with one attached hydrogen (secondary N) is 1. The van der Waals surface area contributed by atoms with Gasteiger partial charge >= 0.3 is 5.56 Å². The number of likely N-dealkylation sites (tertiary alicyclic amines) is 1. The highest BCUT2D eigenvalue weighted by atomic mass is 16.8. The summed E-state index contributed by atoms with van der Waals surface area (Å²) in [6, 6.07) is 13.0. The van der Waals surface area contributed by atoms with E-state index >= 15 is 0 Å². The van der Waals surface area contributed by atoms with Gasteiger partial charge in [0.25, 0.3) is 5.91 Å². The molecule has 8 heteroatoms. The average molecular weight is 394 g/mol. The second-order valence-corrected chi connectivity index (χ2v) is 8.05. The Morgan fingerprint density at radius 2 is 1.97 bits per heavy atom. The number of benzene rings is 1. The molecule has 5 rings (SSSR count). The number of rotatable bonds is 2. The molecule has 1 amide bonds. The number of aromatic nitrogens is 2. The highest BCUT2D eigenvalue weighted by Crippen LogP contribution is 2.36. The molecule has 0 aliphatic carbocycles. The minimum absolute atomic E-state index is 0.00338. The summed E-state index contributed by atoms with van der Waals surface area (Å²) in [6.45, 7) is 1.55. The number of carbonyl (C=O) groups is 1. The van der Waals surface area contributed by atoms with Crippen molar-refractivity contribution >= 4 is 22.5 Å². The maximum absolute atomic E-state index is 13.3. The van der Waals surface area contributed by atoms with E-state index in [1.165, 1.54) is 6.07 Å². The van der Waals surface area contributed by atoms with Crippen molar-refractivity contribution in [1.82, 2.24) is 14.0 Å². The van der Waals surface area contributed by atoms with E-state index < -0.39 is 10.8 Å². The summed E-state index contributed by atoms with van der Waals surface area (Å²) in [5.41, 5.74) is 1.86. The van der Waals surface area contributed by atoms with Gasteiger partial charge in [0.1, 0.15) is 5.69 Å². The van der Waals surface area contributed by atoms with Gasteiger partial charge < -0.3 is 19.2 Å². The molecule has 8 nitrogen and oxygen atoms in total. The van der Waals surface area contributed by atoms with Crippen LogP contribution in [-0.4, -0.2) is 38.2 Å². The van der Waals surface area contributed by atoms with Crippen molar-refractivity contribution in [3.8, 4) is 0 Å². The maximum atomic E-state index is 13.3. The number of quaternary nitrogens is 1. The van der Waals surface area contributed by atoms with Crippen LogP contribution < -0.4 is 10.8 Å². The first kappa shape index (κ1) is 18.1. The number of pyridine rings is 1. The second-order valence-electron chi connectivity index (χ2n) is 8.05. The third-order valence-electron chi connectivity index (χ3n) is 6.29. The Kier molecular flexibility index (Phi) is 4.09. The predicted molar refractivity (Wildman–Crippen MR) is 106 cm³/mol. The lowest BCUT2D eigenvalue weighted by Gasteiger charge is -2.42. The maximum Gasteiger partial charge on any atom is 0.315 e. The quantitative estimate of drug-likeness (QED) is 0.634. The number of fused-ring (bicyclic) bond motifs is 5. The topological polar surface area (TPSA) is 95.0 Å². The fourth-order valence-electron chi connectivity index (χ4n) is 4.93. The zero-order valence-corrected chi connectivity index (χ0v) is 16.0. The summed E-state index contributed by atoms with van der Waals surface area (Å²) in [5.74, 6) is 0.176. The lowest BCUT2D eigenvalue weighted by molar-refractivity contribution is -0.992. The molecule has 0 radical (unpaired) electrons. The lowest BCUT2D eigenvalue weighted by Crippen LogP contribution is -3.00. The van der Waals surface area contributed by atoms with Gasteiger partial charge in [-0.2, -0.15) is 5.23 Å². The molecule has 0 spiro atoms. The monoisotopic (exact) mass is 394 g/mol. The molecule has 2 N–H and O–H groups in total. The van der Waals surface area contributed by atoms with Crippen LogP contribution in [-0.2, 0) is 13.6 Å². The average Bonchev–Trinajstić information content (AvgIpc) is 3.04. The van der Waals surface area contributed by atoms with Gasteiger partial charge in [-0.25, -0.2) is 5.21 Å². The Morgan fingerprint density at radius 1 is 1.17 bits per heavy atom. The molecule has 1 fully saturated rings. The summed E-state index contributed by atoms with van der Waals surface area (Å²) in [7, 11) is 1.91. The molecule has 1 saturated heterocycles. The van der Waals surface area contributed by atoms with Crippen LogP contribution in [0.1, 0.15) is 28.5 Å². The van der Waals surface area contributed by atoms with Crippen molar-refractivity contribution in [2.45, 2.75) is 18.9 Å². The van der Waals surface area contributed by atoms with Crippen LogP contribution in [0.5, 0.6) is 0 Å². The number of aryl methyl sites for hydroxylation is 1. The Hall–Kier alpha value is -2.94. The van der Waals surface area contributed by atoms with Crippen LogP contribution in [0.15, 0.2) is 47.3 Å². The summed E-state index contributed by atoms with van der Waals surface area (Å²) >= 11 is 0. The molecule has 2 aliphatic rings. The molecular formula is C21H22N4O4. The molecule has 4 heterocycles. The number of carbonyl (C=O) groups excluding carboxylic acids is 1. The molecule has 3 atom stereocenters. The number of piperidine rings is 1. The molecule has 3 aromatic rings. The Morgan fingerprint density at radius 3 is 2.72 bits per heavy atom. The van der Waals surface area contributed by atoms with Crippen molar-refractivity contribution < 1.29 is 15.2 Å². The van der Waals surface area contributed by atoms with E-state index in [0.717, 1.165) is 23.0 Å². The molecular weight excluding hydrogens is 372 g/mol. The van der Waals surface area contributed by atoms with E-state index in [1.54, 1.807) is 10.6 Å². The van der Waals surface area contributed by atoms with Gasteiger partial charge in [-0.1, -0.05) is 18.2 Å². The second kappa shape index (κ2) is 6.55. The van der Waals surface area contributed by atoms with E-state index in [9.17, 15) is 20.0 Å². The zero-order chi connectivity index (χ0) is 20.3. The van der Waals surface area contributed by atoms with E-state index in [0.29, 0.717) is 25.3 Å². The van der Waals surface area contributed by atoms with Gasteiger partial charge in [0.05, 0.1) is 0 Å².